The average molecular weight is 160 g/mol. The maximum atomic E-state index is 11.9. The van der Waals surface area contributed by atoms with Crippen LogP contribution in [0.1, 0.15) is 38.5 Å². The van der Waals surface area contributed by atoms with E-state index in [4.69, 9.17) is 0 Å². The molecule has 1 aliphatic rings. The molecule has 0 radical (unpaired) electrons. The van der Waals surface area contributed by atoms with Gasteiger partial charge in [0.25, 0.3) is 6.43 Å². The van der Waals surface area contributed by atoms with Gasteiger partial charge in [-0.1, -0.05) is 18.4 Å². The highest BCUT2D eigenvalue weighted by atomic mass is 19.3. The first-order valence-corrected chi connectivity index (χ1v) is 4.27. The van der Waals surface area contributed by atoms with Crippen molar-refractivity contribution in [1.82, 2.24) is 0 Å². The zero-order valence-electron chi connectivity index (χ0n) is 6.65. The molecule has 1 saturated carbocycles. The Kier molecular flexibility index (Phi) is 3.53. The minimum absolute atomic E-state index is 0.893. The van der Waals surface area contributed by atoms with Crippen molar-refractivity contribution in [1.29, 1.82) is 0 Å². The molecule has 0 aliphatic heterocycles. The Bertz CT molecular complexity index is 128. The summed E-state index contributed by atoms with van der Waals surface area (Å²) in [5, 5.41) is 0. The smallest absolute Gasteiger partial charge is 0.206 e. The molecule has 0 aromatic heterocycles. The largest absolute Gasteiger partial charge is 0.257 e. The van der Waals surface area contributed by atoms with Gasteiger partial charge in [-0.3, -0.25) is 0 Å². The maximum absolute atomic E-state index is 11.9. The third-order valence-corrected chi connectivity index (χ3v) is 2.11. The Labute approximate surface area is 66.3 Å². The molecule has 2 heteroatoms. The zero-order valence-corrected chi connectivity index (χ0v) is 6.65. The number of hydrogen-bond acceptors (Lipinski definition) is 0. The Balaban J connectivity index is 2.42. The minimum atomic E-state index is -2.25. The van der Waals surface area contributed by atoms with Gasteiger partial charge >= 0.3 is 0 Å². The molecule has 0 bridgehead atoms. The molecule has 64 valence electrons. The number of halogens is 2. The van der Waals surface area contributed by atoms with E-state index in [2.05, 4.69) is 0 Å². The summed E-state index contributed by atoms with van der Waals surface area (Å²) in [4.78, 5) is 0. The molecule has 0 aromatic carbocycles. The molecular weight excluding hydrogens is 146 g/mol. The predicted octanol–water partition coefficient (Wildman–Crippen LogP) is 3.53. The fourth-order valence-corrected chi connectivity index (χ4v) is 1.53. The third-order valence-electron chi connectivity index (χ3n) is 2.11. The summed E-state index contributed by atoms with van der Waals surface area (Å²) < 4.78 is 23.8. The molecule has 0 amide bonds. The van der Waals surface area contributed by atoms with Crippen LogP contribution in [0.2, 0.25) is 0 Å². The SMILES string of the molecule is FC(F)C=C1CCCCCC1. The number of rotatable bonds is 1. The van der Waals surface area contributed by atoms with E-state index in [1.54, 1.807) is 0 Å². The lowest BCUT2D eigenvalue weighted by Crippen LogP contribution is -1.88. The van der Waals surface area contributed by atoms with Crippen molar-refractivity contribution in [2.24, 2.45) is 0 Å². The molecular formula is C9H14F2. The van der Waals surface area contributed by atoms with Crippen molar-refractivity contribution in [3.8, 4) is 0 Å². The van der Waals surface area contributed by atoms with Gasteiger partial charge in [-0.25, -0.2) is 8.78 Å². The van der Waals surface area contributed by atoms with E-state index in [1.165, 1.54) is 12.8 Å². The highest BCUT2D eigenvalue weighted by molar-refractivity contribution is 5.04. The monoisotopic (exact) mass is 160 g/mol. The van der Waals surface area contributed by atoms with Gasteiger partial charge in [0.05, 0.1) is 0 Å². The maximum Gasteiger partial charge on any atom is 0.257 e. The summed E-state index contributed by atoms with van der Waals surface area (Å²) in [6, 6.07) is 0. The molecule has 11 heavy (non-hydrogen) atoms. The normalized spacial score (nSPS) is 20.1. The number of alkyl halides is 2. The summed E-state index contributed by atoms with van der Waals surface area (Å²) in [5.41, 5.74) is 0.970. The van der Waals surface area contributed by atoms with Crippen LogP contribution in [0.3, 0.4) is 0 Å². The average Bonchev–Trinajstić information content (AvgIpc) is 2.14. The van der Waals surface area contributed by atoms with Gasteiger partial charge in [0.1, 0.15) is 0 Å². The van der Waals surface area contributed by atoms with Crippen LogP contribution >= 0.6 is 0 Å². The Morgan fingerprint density at radius 1 is 1.00 bits per heavy atom. The van der Waals surface area contributed by atoms with Gasteiger partial charge in [-0.15, -0.1) is 0 Å². The summed E-state index contributed by atoms with van der Waals surface area (Å²) in [6.45, 7) is 0. The third kappa shape index (κ3) is 3.49. The lowest BCUT2D eigenvalue weighted by atomic mass is 10.1. The molecule has 0 unspecified atom stereocenters. The van der Waals surface area contributed by atoms with Crippen LogP contribution in [-0.2, 0) is 0 Å². The van der Waals surface area contributed by atoms with Crippen LogP contribution in [0.5, 0.6) is 0 Å². The van der Waals surface area contributed by atoms with Gasteiger partial charge in [-0.05, 0) is 31.8 Å². The molecule has 1 aliphatic carbocycles. The summed E-state index contributed by atoms with van der Waals surface area (Å²) in [5.74, 6) is 0. The Morgan fingerprint density at radius 3 is 2.00 bits per heavy atom. The zero-order chi connectivity index (χ0) is 8.10. The molecule has 0 spiro atoms. The first-order chi connectivity index (χ1) is 5.29. The molecule has 0 heterocycles. The number of hydrogen-bond donors (Lipinski definition) is 0. The molecule has 1 fully saturated rings. The van der Waals surface area contributed by atoms with E-state index >= 15 is 0 Å². The number of allylic oxidation sites excluding steroid dienone is 2. The van der Waals surface area contributed by atoms with Crippen LogP contribution in [0.15, 0.2) is 11.6 Å². The fraction of sp³-hybridized carbons (Fsp3) is 0.778. The van der Waals surface area contributed by atoms with Crippen molar-refractivity contribution in [2.75, 3.05) is 0 Å². The van der Waals surface area contributed by atoms with Gasteiger partial charge in [0, 0.05) is 0 Å². The van der Waals surface area contributed by atoms with Gasteiger partial charge in [0.2, 0.25) is 0 Å². The van der Waals surface area contributed by atoms with Crippen molar-refractivity contribution in [3.05, 3.63) is 11.6 Å². The lowest BCUT2D eigenvalue weighted by Gasteiger charge is -2.00. The Hall–Kier alpha value is -0.400. The van der Waals surface area contributed by atoms with E-state index in [-0.39, 0.29) is 0 Å². The fourth-order valence-electron chi connectivity index (χ4n) is 1.53. The molecule has 0 N–H and O–H groups in total. The van der Waals surface area contributed by atoms with Gasteiger partial charge < -0.3 is 0 Å². The van der Waals surface area contributed by atoms with Crippen LogP contribution in [-0.4, -0.2) is 6.43 Å². The lowest BCUT2D eigenvalue weighted by molar-refractivity contribution is 0.202. The highest BCUT2D eigenvalue weighted by Gasteiger charge is 2.06. The van der Waals surface area contributed by atoms with Gasteiger partial charge in [-0.2, -0.15) is 0 Å². The topological polar surface area (TPSA) is 0 Å². The van der Waals surface area contributed by atoms with E-state index in [0.29, 0.717) is 0 Å². The van der Waals surface area contributed by atoms with Crippen molar-refractivity contribution in [3.63, 3.8) is 0 Å². The van der Waals surface area contributed by atoms with E-state index in [1.807, 2.05) is 0 Å². The van der Waals surface area contributed by atoms with E-state index < -0.39 is 6.43 Å². The van der Waals surface area contributed by atoms with Crippen LogP contribution in [0.25, 0.3) is 0 Å². The second kappa shape index (κ2) is 4.47. The second-order valence-electron chi connectivity index (χ2n) is 3.07. The first-order valence-electron chi connectivity index (χ1n) is 4.27. The highest BCUT2D eigenvalue weighted by Crippen LogP contribution is 2.22. The van der Waals surface area contributed by atoms with Crippen LogP contribution < -0.4 is 0 Å². The summed E-state index contributed by atoms with van der Waals surface area (Å²) in [7, 11) is 0. The molecule has 1 rings (SSSR count). The summed E-state index contributed by atoms with van der Waals surface area (Å²) in [6.07, 6.45) is 5.28. The minimum Gasteiger partial charge on any atom is -0.206 e. The molecule has 0 aromatic rings. The Morgan fingerprint density at radius 2 is 1.55 bits per heavy atom. The van der Waals surface area contributed by atoms with E-state index in [0.717, 1.165) is 37.3 Å². The standard InChI is InChI=1S/C9H14F2/c10-9(11)7-8-5-3-1-2-4-6-8/h7,9H,1-6H2. The predicted molar refractivity (Wildman–Crippen MR) is 41.8 cm³/mol. The van der Waals surface area contributed by atoms with E-state index in [9.17, 15) is 8.78 Å². The van der Waals surface area contributed by atoms with Crippen LogP contribution in [0.4, 0.5) is 8.78 Å². The first kappa shape index (κ1) is 8.69. The molecule has 0 atom stereocenters. The van der Waals surface area contributed by atoms with Gasteiger partial charge in [0.15, 0.2) is 0 Å². The second-order valence-corrected chi connectivity index (χ2v) is 3.07. The van der Waals surface area contributed by atoms with Crippen molar-refractivity contribution >= 4 is 0 Å². The summed E-state index contributed by atoms with van der Waals surface area (Å²) >= 11 is 0. The molecule has 0 nitrogen and oxygen atoms in total. The molecule has 0 saturated heterocycles. The van der Waals surface area contributed by atoms with Crippen LogP contribution in [0, 0.1) is 0 Å². The van der Waals surface area contributed by atoms with Crippen molar-refractivity contribution < 1.29 is 8.78 Å². The van der Waals surface area contributed by atoms with Crippen molar-refractivity contribution in [2.45, 2.75) is 45.0 Å². The quantitative estimate of drug-likeness (QED) is 0.406.